The third kappa shape index (κ3) is 4.22. The molecule has 1 unspecified atom stereocenters. The van der Waals surface area contributed by atoms with Gasteiger partial charge in [-0.25, -0.2) is 4.98 Å². The average Bonchev–Trinajstić information content (AvgIpc) is 2.74. The summed E-state index contributed by atoms with van der Waals surface area (Å²) >= 11 is 5.92. The van der Waals surface area contributed by atoms with E-state index in [1.165, 1.54) is 5.56 Å². The fourth-order valence-electron chi connectivity index (χ4n) is 4.28. The molecule has 7 heteroatoms. The standard InChI is InChI=1S/C22H25ClN4O2/c1-16(28)27-9-8-17-4-2-3-5-19(17)20(27)14-22(29)26-12-10-25(11-13-26)21-7-6-18(23)15-24-21/h2-7,15,20H,8-14H2,1H3. The molecular weight excluding hydrogens is 388 g/mol. The Hall–Kier alpha value is -2.60. The first kappa shape index (κ1) is 19.7. The molecule has 1 aromatic heterocycles. The zero-order chi connectivity index (χ0) is 20.4. The van der Waals surface area contributed by atoms with E-state index in [1.54, 1.807) is 13.1 Å². The number of fused-ring (bicyclic) bond motifs is 1. The first-order valence-electron chi connectivity index (χ1n) is 10.0. The summed E-state index contributed by atoms with van der Waals surface area (Å²) in [5, 5.41) is 0.616. The van der Waals surface area contributed by atoms with Crippen LogP contribution in [0.4, 0.5) is 5.82 Å². The van der Waals surface area contributed by atoms with Crippen molar-refractivity contribution in [1.82, 2.24) is 14.8 Å². The molecule has 1 fully saturated rings. The van der Waals surface area contributed by atoms with Crippen molar-refractivity contribution < 1.29 is 9.59 Å². The molecule has 0 N–H and O–H groups in total. The summed E-state index contributed by atoms with van der Waals surface area (Å²) < 4.78 is 0. The number of pyridine rings is 1. The Morgan fingerprint density at radius 2 is 1.83 bits per heavy atom. The number of hydrogen-bond acceptors (Lipinski definition) is 4. The molecule has 6 nitrogen and oxygen atoms in total. The molecule has 0 spiro atoms. The van der Waals surface area contributed by atoms with Crippen molar-refractivity contribution in [1.29, 1.82) is 0 Å². The fourth-order valence-corrected chi connectivity index (χ4v) is 4.39. The highest BCUT2D eigenvalue weighted by Crippen LogP contribution is 2.33. The monoisotopic (exact) mass is 412 g/mol. The minimum absolute atomic E-state index is 0.0240. The van der Waals surface area contributed by atoms with Gasteiger partial charge < -0.3 is 14.7 Å². The molecule has 4 rings (SSSR count). The topological polar surface area (TPSA) is 56.8 Å². The van der Waals surface area contributed by atoms with E-state index >= 15 is 0 Å². The molecule has 2 aliphatic rings. The van der Waals surface area contributed by atoms with Crippen LogP contribution in [0, 0.1) is 0 Å². The lowest BCUT2D eigenvalue weighted by molar-refractivity contribution is -0.136. The Balaban J connectivity index is 1.42. The van der Waals surface area contributed by atoms with Crippen LogP contribution in [-0.4, -0.2) is 59.3 Å². The van der Waals surface area contributed by atoms with E-state index in [2.05, 4.69) is 16.0 Å². The van der Waals surface area contributed by atoms with Crippen LogP contribution in [0.5, 0.6) is 0 Å². The van der Waals surface area contributed by atoms with Gasteiger partial charge in [-0.2, -0.15) is 0 Å². The maximum absolute atomic E-state index is 13.1. The third-order valence-electron chi connectivity index (χ3n) is 5.85. The second-order valence-electron chi connectivity index (χ2n) is 7.58. The van der Waals surface area contributed by atoms with Crippen molar-refractivity contribution >= 4 is 29.2 Å². The summed E-state index contributed by atoms with van der Waals surface area (Å²) in [4.78, 5) is 35.5. The highest BCUT2D eigenvalue weighted by Gasteiger charge is 2.32. The zero-order valence-corrected chi connectivity index (χ0v) is 17.3. The molecule has 29 heavy (non-hydrogen) atoms. The van der Waals surface area contributed by atoms with Crippen LogP contribution in [0.3, 0.4) is 0 Å². The number of rotatable bonds is 3. The summed E-state index contributed by atoms with van der Waals surface area (Å²) in [7, 11) is 0. The molecule has 1 aromatic carbocycles. The van der Waals surface area contributed by atoms with Gasteiger partial charge in [0.05, 0.1) is 17.5 Å². The minimum Gasteiger partial charge on any atom is -0.353 e. The molecule has 3 heterocycles. The Morgan fingerprint density at radius 3 is 2.52 bits per heavy atom. The Labute approximate surface area is 176 Å². The molecule has 0 aliphatic carbocycles. The Kier molecular flexibility index (Phi) is 5.72. The van der Waals surface area contributed by atoms with E-state index in [0.29, 0.717) is 31.1 Å². The molecule has 2 aliphatic heterocycles. The van der Waals surface area contributed by atoms with Gasteiger partial charge in [0.1, 0.15) is 5.82 Å². The van der Waals surface area contributed by atoms with Crippen molar-refractivity contribution in [3.05, 3.63) is 58.7 Å². The van der Waals surface area contributed by atoms with Crippen LogP contribution < -0.4 is 4.90 Å². The van der Waals surface area contributed by atoms with E-state index in [-0.39, 0.29) is 17.9 Å². The number of aromatic nitrogens is 1. The number of nitrogens with zero attached hydrogens (tertiary/aromatic N) is 4. The van der Waals surface area contributed by atoms with Crippen LogP contribution >= 0.6 is 11.6 Å². The number of benzene rings is 1. The summed E-state index contributed by atoms with van der Waals surface area (Å²) in [6.07, 6.45) is 2.81. The van der Waals surface area contributed by atoms with Gasteiger partial charge in [0.25, 0.3) is 0 Å². The SMILES string of the molecule is CC(=O)N1CCc2ccccc2C1CC(=O)N1CCN(c2ccc(Cl)cn2)CC1. The molecule has 2 amide bonds. The molecule has 152 valence electrons. The molecule has 1 atom stereocenters. The number of hydrogen-bond donors (Lipinski definition) is 0. The molecule has 1 saturated heterocycles. The predicted molar refractivity (Wildman–Crippen MR) is 113 cm³/mol. The van der Waals surface area contributed by atoms with Crippen LogP contribution in [0.2, 0.25) is 5.02 Å². The highest BCUT2D eigenvalue weighted by atomic mass is 35.5. The highest BCUT2D eigenvalue weighted by molar-refractivity contribution is 6.30. The van der Waals surface area contributed by atoms with Gasteiger partial charge in [-0.3, -0.25) is 9.59 Å². The number of amides is 2. The van der Waals surface area contributed by atoms with Gasteiger partial charge in [0, 0.05) is 45.8 Å². The van der Waals surface area contributed by atoms with Crippen LogP contribution in [0.15, 0.2) is 42.6 Å². The number of halogens is 1. The summed E-state index contributed by atoms with van der Waals surface area (Å²) in [5.41, 5.74) is 2.34. The summed E-state index contributed by atoms with van der Waals surface area (Å²) in [5.74, 6) is 1.00. The quantitative estimate of drug-likeness (QED) is 0.777. The number of piperazine rings is 1. The smallest absolute Gasteiger partial charge is 0.225 e. The largest absolute Gasteiger partial charge is 0.353 e. The molecule has 2 aromatic rings. The van der Waals surface area contributed by atoms with Crippen molar-refractivity contribution in [3.8, 4) is 0 Å². The third-order valence-corrected chi connectivity index (χ3v) is 6.08. The predicted octanol–water partition coefficient (Wildman–Crippen LogP) is 2.92. The van der Waals surface area contributed by atoms with Crippen LogP contribution in [0.1, 0.15) is 30.5 Å². The van der Waals surface area contributed by atoms with E-state index in [1.807, 2.05) is 40.1 Å². The lowest BCUT2D eigenvalue weighted by Gasteiger charge is -2.39. The minimum atomic E-state index is -0.180. The second kappa shape index (κ2) is 8.41. The van der Waals surface area contributed by atoms with Crippen molar-refractivity contribution in [2.24, 2.45) is 0 Å². The van der Waals surface area contributed by atoms with Gasteiger partial charge in [0.15, 0.2) is 0 Å². The van der Waals surface area contributed by atoms with E-state index in [4.69, 9.17) is 11.6 Å². The van der Waals surface area contributed by atoms with E-state index in [0.717, 1.165) is 30.9 Å². The first-order chi connectivity index (χ1) is 14.0. The summed E-state index contributed by atoms with van der Waals surface area (Å²) in [6.45, 7) is 5.02. The van der Waals surface area contributed by atoms with Crippen molar-refractivity contribution in [2.45, 2.75) is 25.8 Å². The van der Waals surface area contributed by atoms with E-state index < -0.39 is 0 Å². The lowest BCUT2D eigenvalue weighted by Crippen LogP contribution is -2.50. The molecular formula is C22H25ClN4O2. The number of carbonyl (C=O) groups excluding carboxylic acids is 2. The van der Waals surface area contributed by atoms with Gasteiger partial charge in [-0.1, -0.05) is 35.9 Å². The number of carbonyl (C=O) groups is 2. The summed E-state index contributed by atoms with van der Waals surface area (Å²) in [6, 6.07) is 11.7. The van der Waals surface area contributed by atoms with Crippen molar-refractivity contribution in [3.63, 3.8) is 0 Å². The maximum Gasteiger partial charge on any atom is 0.225 e. The molecule has 0 saturated carbocycles. The van der Waals surface area contributed by atoms with Crippen LogP contribution in [-0.2, 0) is 16.0 Å². The van der Waals surface area contributed by atoms with Crippen molar-refractivity contribution in [2.75, 3.05) is 37.6 Å². The van der Waals surface area contributed by atoms with Gasteiger partial charge in [-0.15, -0.1) is 0 Å². The Morgan fingerprint density at radius 1 is 1.07 bits per heavy atom. The second-order valence-corrected chi connectivity index (χ2v) is 8.02. The zero-order valence-electron chi connectivity index (χ0n) is 16.6. The van der Waals surface area contributed by atoms with Gasteiger partial charge in [-0.05, 0) is 29.7 Å². The van der Waals surface area contributed by atoms with E-state index in [9.17, 15) is 9.59 Å². The maximum atomic E-state index is 13.1. The average molecular weight is 413 g/mol. The fraction of sp³-hybridized carbons (Fsp3) is 0.409. The normalized spacial score (nSPS) is 19.1. The lowest BCUT2D eigenvalue weighted by atomic mass is 9.90. The van der Waals surface area contributed by atoms with Crippen LogP contribution in [0.25, 0.3) is 0 Å². The number of anilines is 1. The molecule has 0 bridgehead atoms. The Bertz CT molecular complexity index is 894. The van der Waals surface area contributed by atoms with Gasteiger partial charge in [0.2, 0.25) is 11.8 Å². The first-order valence-corrected chi connectivity index (χ1v) is 10.4. The van der Waals surface area contributed by atoms with Gasteiger partial charge >= 0.3 is 0 Å². The molecule has 0 radical (unpaired) electrons.